The van der Waals surface area contributed by atoms with Gasteiger partial charge in [0.05, 0.1) is 11.0 Å². The number of carbonyl (C=O) groups excluding carboxylic acids is 3. The third-order valence-corrected chi connectivity index (χ3v) is 6.29. The maximum atomic E-state index is 13.6. The van der Waals surface area contributed by atoms with E-state index in [2.05, 4.69) is 10.4 Å². The van der Waals surface area contributed by atoms with Crippen LogP contribution in [0.25, 0.3) is 10.9 Å². The fourth-order valence-electron chi connectivity index (χ4n) is 4.93. The van der Waals surface area contributed by atoms with Crippen molar-refractivity contribution in [3.63, 3.8) is 0 Å². The van der Waals surface area contributed by atoms with Gasteiger partial charge in [0, 0.05) is 35.2 Å². The summed E-state index contributed by atoms with van der Waals surface area (Å²) >= 11 is 0. The number of hydrazine groups is 1. The molecule has 1 saturated heterocycles. The Balaban J connectivity index is 1.59. The summed E-state index contributed by atoms with van der Waals surface area (Å²) in [5, 5.41) is 13.4. The number of rotatable bonds is 3. The SMILES string of the molecule is CC(C)(C)OC(=O)NN1CC(=O)N2C(Cc3c([nH]c4ccccc34)C2c2cccc([N+](=O)[O-])c2)C1=O. The molecule has 2 aliphatic rings. The first-order valence-electron chi connectivity index (χ1n) is 11.5. The van der Waals surface area contributed by atoms with Crippen LogP contribution in [0, 0.1) is 10.1 Å². The van der Waals surface area contributed by atoms with Gasteiger partial charge in [-0.15, -0.1) is 0 Å². The number of hydrogen-bond acceptors (Lipinski definition) is 6. The zero-order valence-electron chi connectivity index (χ0n) is 20.0. The predicted molar refractivity (Wildman–Crippen MR) is 129 cm³/mol. The summed E-state index contributed by atoms with van der Waals surface area (Å²) in [6.07, 6.45) is -0.613. The molecular formula is C25H25N5O6. The third-order valence-electron chi connectivity index (χ3n) is 6.29. The first kappa shape index (κ1) is 23.3. The molecule has 3 aromatic rings. The van der Waals surface area contributed by atoms with Crippen LogP contribution in [-0.2, 0) is 20.7 Å². The molecule has 3 heterocycles. The lowest BCUT2D eigenvalue weighted by atomic mass is 9.86. The van der Waals surface area contributed by atoms with Gasteiger partial charge in [0.2, 0.25) is 5.91 Å². The lowest BCUT2D eigenvalue weighted by molar-refractivity contribution is -0.384. The van der Waals surface area contributed by atoms with Crippen molar-refractivity contribution >= 4 is 34.5 Å². The number of para-hydroxylation sites is 1. The number of nitrogens with one attached hydrogen (secondary N) is 2. The van der Waals surface area contributed by atoms with Crippen LogP contribution in [0.4, 0.5) is 10.5 Å². The fourth-order valence-corrected chi connectivity index (χ4v) is 4.93. The number of carbonyl (C=O) groups is 3. The summed E-state index contributed by atoms with van der Waals surface area (Å²) in [6.45, 7) is 4.69. The van der Waals surface area contributed by atoms with E-state index in [1.54, 1.807) is 32.9 Å². The molecule has 2 atom stereocenters. The van der Waals surface area contributed by atoms with E-state index in [0.29, 0.717) is 11.3 Å². The van der Waals surface area contributed by atoms with Gasteiger partial charge >= 0.3 is 6.09 Å². The Hall–Kier alpha value is -4.41. The number of H-pyrrole nitrogens is 1. The first-order chi connectivity index (χ1) is 17.0. The Bertz CT molecular complexity index is 1410. The van der Waals surface area contributed by atoms with E-state index < -0.39 is 47.1 Å². The second kappa shape index (κ2) is 8.36. The number of nitro benzene ring substituents is 1. The fraction of sp³-hybridized carbons (Fsp3) is 0.320. The van der Waals surface area contributed by atoms with Crippen LogP contribution in [-0.4, -0.2) is 55.9 Å². The smallest absolute Gasteiger partial charge is 0.426 e. The van der Waals surface area contributed by atoms with Gasteiger partial charge in [-0.05, 0) is 38.0 Å². The molecule has 3 amide bonds. The molecule has 0 bridgehead atoms. The molecule has 11 heteroatoms. The van der Waals surface area contributed by atoms with Gasteiger partial charge in [-0.25, -0.2) is 15.2 Å². The molecule has 36 heavy (non-hydrogen) atoms. The Morgan fingerprint density at radius 2 is 1.92 bits per heavy atom. The molecule has 1 fully saturated rings. The molecule has 2 aromatic carbocycles. The number of hydrogen-bond donors (Lipinski definition) is 2. The van der Waals surface area contributed by atoms with E-state index in [-0.39, 0.29) is 12.1 Å². The van der Waals surface area contributed by atoms with E-state index in [1.165, 1.54) is 17.0 Å². The summed E-state index contributed by atoms with van der Waals surface area (Å²) in [5.74, 6) is -0.872. The molecule has 0 spiro atoms. The minimum Gasteiger partial charge on any atom is -0.443 e. The maximum Gasteiger partial charge on any atom is 0.426 e. The third kappa shape index (κ3) is 4.02. The van der Waals surface area contributed by atoms with Gasteiger partial charge in [-0.2, -0.15) is 0 Å². The topological polar surface area (TPSA) is 138 Å². The van der Waals surface area contributed by atoms with Crippen LogP contribution < -0.4 is 5.43 Å². The van der Waals surface area contributed by atoms with Crippen molar-refractivity contribution in [1.29, 1.82) is 0 Å². The van der Waals surface area contributed by atoms with E-state index in [0.717, 1.165) is 21.5 Å². The molecular weight excluding hydrogens is 466 g/mol. The largest absolute Gasteiger partial charge is 0.443 e. The van der Waals surface area contributed by atoms with Gasteiger partial charge < -0.3 is 14.6 Å². The van der Waals surface area contributed by atoms with Gasteiger partial charge in [0.1, 0.15) is 18.2 Å². The molecule has 0 saturated carbocycles. The van der Waals surface area contributed by atoms with Crippen LogP contribution in [0.2, 0.25) is 0 Å². The molecule has 5 rings (SSSR count). The van der Waals surface area contributed by atoms with E-state index >= 15 is 0 Å². The van der Waals surface area contributed by atoms with Gasteiger partial charge in [0.25, 0.3) is 11.6 Å². The van der Waals surface area contributed by atoms with Crippen molar-refractivity contribution in [2.24, 2.45) is 0 Å². The van der Waals surface area contributed by atoms with Gasteiger partial charge in [-0.3, -0.25) is 19.7 Å². The van der Waals surface area contributed by atoms with Crippen LogP contribution in [0.1, 0.15) is 43.6 Å². The van der Waals surface area contributed by atoms with E-state index in [9.17, 15) is 24.5 Å². The number of ether oxygens (including phenoxy) is 1. The Morgan fingerprint density at radius 3 is 2.64 bits per heavy atom. The number of piperazine rings is 1. The molecule has 1 aromatic heterocycles. The van der Waals surface area contributed by atoms with E-state index in [1.807, 2.05) is 24.3 Å². The number of amides is 3. The van der Waals surface area contributed by atoms with Crippen LogP contribution in [0.3, 0.4) is 0 Å². The highest BCUT2D eigenvalue weighted by atomic mass is 16.6. The number of fused-ring (bicyclic) bond motifs is 4. The molecule has 2 aliphatic heterocycles. The zero-order valence-corrected chi connectivity index (χ0v) is 20.0. The highest BCUT2D eigenvalue weighted by Gasteiger charge is 2.49. The number of benzene rings is 2. The summed E-state index contributed by atoms with van der Waals surface area (Å²) in [5.41, 5.74) is 4.41. The predicted octanol–water partition coefficient (Wildman–Crippen LogP) is 3.20. The Kier molecular flexibility index (Phi) is 5.42. The van der Waals surface area contributed by atoms with Crippen molar-refractivity contribution < 1.29 is 24.0 Å². The van der Waals surface area contributed by atoms with Gasteiger partial charge in [0.15, 0.2) is 0 Å². The summed E-state index contributed by atoms with van der Waals surface area (Å²) in [6, 6.07) is 12.0. The number of nitrogens with zero attached hydrogens (tertiary/aromatic N) is 3. The van der Waals surface area contributed by atoms with Crippen LogP contribution in [0.5, 0.6) is 0 Å². The van der Waals surface area contributed by atoms with Crippen molar-refractivity contribution in [3.8, 4) is 0 Å². The second-order valence-electron chi connectivity index (χ2n) is 9.88. The van der Waals surface area contributed by atoms with Crippen molar-refractivity contribution in [2.75, 3.05) is 6.54 Å². The highest BCUT2D eigenvalue weighted by Crippen LogP contribution is 2.42. The number of nitro groups is 1. The molecule has 186 valence electrons. The van der Waals surface area contributed by atoms with Crippen LogP contribution >= 0.6 is 0 Å². The van der Waals surface area contributed by atoms with E-state index in [4.69, 9.17) is 4.74 Å². The average molecular weight is 492 g/mol. The molecule has 2 unspecified atom stereocenters. The minimum absolute atomic E-state index is 0.115. The molecule has 0 radical (unpaired) electrons. The minimum atomic E-state index is -0.919. The summed E-state index contributed by atoms with van der Waals surface area (Å²) in [7, 11) is 0. The number of aromatic amines is 1. The monoisotopic (exact) mass is 491 g/mol. The van der Waals surface area contributed by atoms with Crippen molar-refractivity contribution in [1.82, 2.24) is 20.3 Å². The highest BCUT2D eigenvalue weighted by molar-refractivity contribution is 5.98. The molecule has 11 nitrogen and oxygen atoms in total. The second-order valence-corrected chi connectivity index (χ2v) is 9.88. The Morgan fingerprint density at radius 1 is 1.17 bits per heavy atom. The lowest BCUT2D eigenvalue weighted by Gasteiger charge is -2.46. The van der Waals surface area contributed by atoms with Crippen molar-refractivity contribution in [2.45, 2.75) is 44.9 Å². The maximum absolute atomic E-state index is 13.6. The summed E-state index contributed by atoms with van der Waals surface area (Å²) < 4.78 is 5.25. The lowest BCUT2D eigenvalue weighted by Crippen LogP contribution is -2.66. The Labute approximate surface area is 206 Å². The molecule has 2 N–H and O–H groups in total. The standard InChI is InChI=1S/C25H25N5O6/c1-25(2,3)36-24(33)27-28-13-20(31)29-19(23(28)32)12-17-16-9-4-5-10-18(16)26-21(17)22(29)14-7-6-8-15(11-14)30(34)35/h4-11,19,22,26H,12-13H2,1-3H3,(H,27,33). The van der Waals surface area contributed by atoms with Gasteiger partial charge in [-0.1, -0.05) is 30.3 Å². The molecule has 0 aliphatic carbocycles. The number of non-ortho nitro benzene ring substituents is 1. The van der Waals surface area contributed by atoms with Crippen LogP contribution in [0.15, 0.2) is 48.5 Å². The first-order valence-corrected chi connectivity index (χ1v) is 11.5. The zero-order chi connectivity index (χ0) is 25.8. The normalized spacial score (nSPS) is 19.6. The summed E-state index contributed by atoms with van der Waals surface area (Å²) in [4.78, 5) is 55.2. The number of aromatic nitrogens is 1. The van der Waals surface area contributed by atoms with Crippen molar-refractivity contribution in [3.05, 3.63) is 75.5 Å². The average Bonchev–Trinajstić information content (AvgIpc) is 3.18. The quantitative estimate of drug-likeness (QED) is 0.426.